The van der Waals surface area contributed by atoms with E-state index in [2.05, 4.69) is 37.9 Å². The summed E-state index contributed by atoms with van der Waals surface area (Å²) in [5.74, 6) is 1.65. The molecule has 2 heteroatoms. The summed E-state index contributed by atoms with van der Waals surface area (Å²) in [6, 6.07) is 0.778. The second-order valence-corrected chi connectivity index (χ2v) is 5.35. The molecule has 0 saturated carbocycles. The van der Waals surface area contributed by atoms with Crippen molar-refractivity contribution in [1.82, 2.24) is 10.2 Å². The van der Waals surface area contributed by atoms with E-state index >= 15 is 0 Å². The Morgan fingerprint density at radius 2 is 1.80 bits per heavy atom. The SMILES string of the molecule is CCNC1CCN(CC(C)C(C)C)CC1. The Kier molecular flexibility index (Phi) is 5.62. The van der Waals surface area contributed by atoms with Crippen molar-refractivity contribution in [3.8, 4) is 0 Å². The summed E-state index contributed by atoms with van der Waals surface area (Å²) in [4.78, 5) is 2.64. The summed E-state index contributed by atoms with van der Waals surface area (Å²) in [5, 5.41) is 3.55. The number of nitrogens with zero attached hydrogens (tertiary/aromatic N) is 1. The van der Waals surface area contributed by atoms with E-state index in [0.717, 1.165) is 24.4 Å². The normalized spacial score (nSPS) is 22.2. The molecule has 15 heavy (non-hydrogen) atoms. The zero-order valence-electron chi connectivity index (χ0n) is 10.9. The van der Waals surface area contributed by atoms with Crippen molar-refractivity contribution < 1.29 is 0 Å². The van der Waals surface area contributed by atoms with E-state index in [1.165, 1.54) is 32.5 Å². The van der Waals surface area contributed by atoms with Gasteiger partial charge in [-0.05, 0) is 44.3 Å². The topological polar surface area (TPSA) is 15.3 Å². The highest BCUT2D eigenvalue weighted by atomic mass is 15.1. The van der Waals surface area contributed by atoms with Crippen LogP contribution in [0.3, 0.4) is 0 Å². The summed E-state index contributed by atoms with van der Waals surface area (Å²) in [7, 11) is 0. The molecule has 0 amide bonds. The lowest BCUT2D eigenvalue weighted by molar-refractivity contribution is 0.162. The maximum atomic E-state index is 3.55. The van der Waals surface area contributed by atoms with E-state index in [1.54, 1.807) is 0 Å². The van der Waals surface area contributed by atoms with Crippen LogP contribution in [0.25, 0.3) is 0 Å². The predicted octanol–water partition coefficient (Wildman–Crippen LogP) is 2.35. The summed E-state index contributed by atoms with van der Waals surface area (Å²) in [6.07, 6.45) is 2.66. The molecule has 90 valence electrons. The molecule has 1 aliphatic heterocycles. The standard InChI is InChI=1S/C13H28N2/c1-5-14-13-6-8-15(9-7-13)10-12(4)11(2)3/h11-14H,5-10H2,1-4H3. The highest BCUT2D eigenvalue weighted by molar-refractivity contribution is 4.77. The molecule has 1 atom stereocenters. The average molecular weight is 212 g/mol. The second-order valence-electron chi connectivity index (χ2n) is 5.35. The van der Waals surface area contributed by atoms with Crippen molar-refractivity contribution in [2.45, 2.75) is 46.6 Å². The molecule has 1 unspecified atom stereocenters. The van der Waals surface area contributed by atoms with Gasteiger partial charge in [-0.15, -0.1) is 0 Å². The van der Waals surface area contributed by atoms with Gasteiger partial charge in [-0.3, -0.25) is 0 Å². The van der Waals surface area contributed by atoms with Gasteiger partial charge in [0.1, 0.15) is 0 Å². The van der Waals surface area contributed by atoms with Gasteiger partial charge in [0.15, 0.2) is 0 Å². The monoisotopic (exact) mass is 212 g/mol. The van der Waals surface area contributed by atoms with Crippen molar-refractivity contribution in [1.29, 1.82) is 0 Å². The van der Waals surface area contributed by atoms with Gasteiger partial charge in [0.25, 0.3) is 0 Å². The summed E-state index contributed by atoms with van der Waals surface area (Å²) < 4.78 is 0. The van der Waals surface area contributed by atoms with Gasteiger partial charge < -0.3 is 10.2 Å². The predicted molar refractivity (Wildman–Crippen MR) is 67.1 cm³/mol. The molecule has 0 radical (unpaired) electrons. The van der Waals surface area contributed by atoms with Crippen molar-refractivity contribution in [2.75, 3.05) is 26.2 Å². The maximum absolute atomic E-state index is 3.55. The minimum absolute atomic E-state index is 0.778. The van der Waals surface area contributed by atoms with Gasteiger partial charge in [-0.1, -0.05) is 27.7 Å². The number of rotatable bonds is 5. The zero-order valence-corrected chi connectivity index (χ0v) is 10.9. The van der Waals surface area contributed by atoms with Crippen LogP contribution in [0.15, 0.2) is 0 Å². The molecular formula is C13H28N2. The fourth-order valence-corrected chi connectivity index (χ4v) is 2.23. The number of piperidine rings is 1. The van der Waals surface area contributed by atoms with Gasteiger partial charge in [-0.2, -0.15) is 0 Å². The van der Waals surface area contributed by atoms with Gasteiger partial charge in [0.2, 0.25) is 0 Å². The molecule has 2 nitrogen and oxygen atoms in total. The minimum Gasteiger partial charge on any atom is -0.314 e. The first-order valence-electron chi connectivity index (χ1n) is 6.59. The van der Waals surface area contributed by atoms with Crippen LogP contribution in [0.4, 0.5) is 0 Å². The molecule has 1 heterocycles. The van der Waals surface area contributed by atoms with E-state index in [-0.39, 0.29) is 0 Å². The third-order valence-corrected chi connectivity index (χ3v) is 3.76. The van der Waals surface area contributed by atoms with Crippen molar-refractivity contribution >= 4 is 0 Å². The smallest absolute Gasteiger partial charge is 0.00912 e. The summed E-state index contributed by atoms with van der Waals surface area (Å²) >= 11 is 0. The number of likely N-dealkylation sites (tertiary alicyclic amines) is 1. The Morgan fingerprint density at radius 3 is 2.27 bits per heavy atom. The van der Waals surface area contributed by atoms with Crippen LogP contribution in [0.1, 0.15) is 40.5 Å². The quantitative estimate of drug-likeness (QED) is 0.752. The molecule has 0 aliphatic carbocycles. The molecule has 0 aromatic heterocycles. The van der Waals surface area contributed by atoms with Crippen molar-refractivity contribution in [3.05, 3.63) is 0 Å². The van der Waals surface area contributed by atoms with Crippen molar-refractivity contribution in [3.63, 3.8) is 0 Å². The highest BCUT2D eigenvalue weighted by Crippen LogP contribution is 2.16. The zero-order chi connectivity index (χ0) is 11.3. The van der Waals surface area contributed by atoms with Crippen LogP contribution >= 0.6 is 0 Å². The van der Waals surface area contributed by atoms with E-state index in [4.69, 9.17) is 0 Å². The van der Waals surface area contributed by atoms with E-state index in [0.29, 0.717) is 0 Å². The lowest BCUT2D eigenvalue weighted by Gasteiger charge is -2.34. The molecular weight excluding hydrogens is 184 g/mol. The fourth-order valence-electron chi connectivity index (χ4n) is 2.23. The Morgan fingerprint density at radius 1 is 1.20 bits per heavy atom. The molecule has 0 aromatic carbocycles. The van der Waals surface area contributed by atoms with Crippen LogP contribution in [-0.4, -0.2) is 37.1 Å². The first-order valence-corrected chi connectivity index (χ1v) is 6.59. The Balaban J connectivity index is 2.19. The lowest BCUT2D eigenvalue weighted by atomic mass is 9.96. The van der Waals surface area contributed by atoms with Crippen LogP contribution < -0.4 is 5.32 Å². The van der Waals surface area contributed by atoms with E-state index in [9.17, 15) is 0 Å². The molecule has 0 aromatic rings. The van der Waals surface area contributed by atoms with Crippen LogP contribution in [0.2, 0.25) is 0 Å². The van der Waals surface area contributed by atoms with Gasteiger partial charge in [-0.25, -0.2) is 0 Å². The average Bonchev–Trinajstić information content (AvgIpc) is 2.21. The Labute approximate surface area is 95.4 Å². The molecule has 1 rings (SSSR count). The van der Waals surface area contributed by atoms with E-state index in [1.807, 2.05) is 0 Å². The summed E-state index contributed by atoms with van der Waals surface area (Å²) in [5.41, 5.74) is 0. The first-order chi connectivity index (χ1) is 7.13. The molecule has 1 aliphatic rings. The number of nitrogens with one attached hydrogen (secondary N) is 1. The second kappa shape index (κ2) is 6.49. The fraction of sp³-hybridized carbons (Fsp3) is 1.00. The molecule has 0 bridgehead atoms. The third kappa shape index (κ3) is 4.52. The summed E-state index contributed by atoms with van der Waals surface area (Å²) in [6.45, 7) is 14.2. The minimum atomic E-state index is 0.778. The molecule has 1 saturated heterocycles. The molecule has 1 N–H and O–H groups in total. The van der Waals surface area contributed by atoms with E-state index < -0.39 is 0 Å². The van der Waals surface area contributed by atoms with Gasteiger partial charge >= 0.3 is 0 Å². The maximum Gasteiger partial charge on any atom is 0.00912 e. The van der Waals surface area contributed by atoms with Crippen LogP contribution in [0.5, 0.6) is 0 Å². The van der Waals surface area contributed by atoms with Crippen molar-refractivity contribution in [2.24, 2.45) is 11.8 Å². The highest BCUT2D eigenvalue weighted by Gasteiger charge is 2.20. The lowest BCUT2D eigenvalue weighted by Crippen LogP contribution is -2.44. The number of hydrogen-bond donors (Lipinski definition) is 1. The molecule has 0 spiro atoms. The Bertz CT molecular complexity index is 160. The first kappa shape index (κ1) is 13.0. The van der Waals surface area contributed by atoms with Crippen LogP contribution in [-0.2, 0) is 0 Å². The largest absolute Gasteiger partial charge is 0.314 e. The van der Waals surface area contributed by atoms with Gasteiger partial charge in [0.05, 0.1) is 0 Å². The van der Waals surface area contributed by atoms with Crippen LogP contribution in [0, 0.1) is 11.8 Å². The number of hydrogen-bond acceptors (Lipinski definition) is 2. The third-order valence-electron chi connectivity index (χ3n) is 3.76. The Hall–Kier alpha value is -0.0800. The van der Waals surface area contributed by atoms with Gasteiger partial charge in [0, 0.05) is 12.6 Å². The molecule has 1 fully saturated rings.